The minimum absolute atomic E-state index is 0.726. The van der Waals surface area contributed by atoms with Crippen molar-refractivity contribution in [3.8, 4) is 5.75 Å². The number of hydrogen-bond acceptors (Lipinski definition) is 5. The molecule has 0 bridgehead atoms. The molecular weight excluding hydrogens is 346 g/mol. The maximum Gasteiger partial charge on any atom is 0.194 e. The number of thiazole rings is 1. The van der Waals surface area contributed by atoms with Gasteiger partial charge in [0, 0.05) is 44.3 Å². The van der Waals surface area contributed by atoms with Gasteiger partial charge in [0.2, 0.25) is 0 Å². The number of guanidine groups is 1. The molecule has 1 aromatic carbocycles. The van der Waals surface area contributed by atoms with Crippen LogP contribution < -0.4 is 15.0 Å². The van der Waals surface area contributed by atoms with Crippen molar-refractivity contribution >= 4 is 23.0 Å². The highest BCUT2D eigenvalue weighted by atomic mass is 32.1. The van der Waals surface area contributed by atoms with E-state index in [1.165, 1.54) is 4.88 Å². The summed E-state index contributed by atoms with van der Waals surface area (Å²) in [5.41, 5.74) is 1.16. The fraction of sp³-hybridized carbons (Fsp3) is 0.474. The maximum absolute atomic E-state index is 5.50. The fourth-order valence-corrected chi connectivity index (χ4v) is 3.93. The van der Waals surface area contributed by atoms with Crippen molar-refractivity contribution in [3.05, 3.63) is 40.3 Å². The first kappa shape index (κ1) is 18.5. The van der Waals surface area contributed by atoms with E-state index in [2.05, 4.69) is 44.1 Å². The number of piperazine rings is 1. The lowest BCUT2D eigenvalue weighted by Crippen LogP contribution is -2.52. The van der Waals surface area contributed by atoms with Crippen LogP contribution in [-0.2, 0) is 13.0 Å². The largest absolute Gasteiger partial charge is 0.495 e. The summed E-state index contributed by atoms with van der Waals surface area (Å²) in [6.07, 6.45) is 3.01. The van der Waals surface area contributed by atoms with E-state index in [1.807, 2.05) is 25.4 Å². The first-order chi connectivity index (χ1) is 12.7. The molecule has 1 saturated heterocycles. The van der Waals surface area contributed by atoms with Crippen LogP contribution in [0.5, 0.6) is 5.75 Å². The summed E-state index contributed by atoms with van der Waals surface area (Å²) in [6, 6.07) is 8.20. The van der Waals surface area contributed by atoms with Crippen molar-refractivity contribution in [2.75, 3.05) is 45.2 Å². The molecule has 6 nitrogen and oxygen atoms in total. The van der Waals surface area contributed by atoms with E-state index in [0.717, 1.165) is 61.5 Å². The number of ether oxygens (including phenoxy) is 1. The quantitative estimate of drug-likeness (QED) is 0.645. The Balaban J connectivity index is 1.55. The predicted octanol–water partition coefficient (Wildman–Crippen LogP) is 2.61. The van der Waals surface area contributed by atoms with Crippen LogP contribution in [0.3, 0.4) is 0 Å². The van der Waals surface area contributed by atoms with Gasteiger partial charge in [0.25, 0.3) is 0 Å². The van der Waals surface area contributed by atoms with Gasteiger partial charge in [-0.05, 0) is 18.6 Å². The predicted molar refractivity (Wildman–Crippen MR) is 108 cm³/mol. The number of nitrogens with one attached hydrogen (secondary N) is 1. The highest BCUT2D eigenvalue weighted by Gasteiger charge is 2.21. The molecule has 1 fully saturated rings. The summed E-state index contributed by atoms with van der Waals surface area (Å²) in [5.74, 6) is 1.87. The molecule has 0 spiro atoms. The Morgan fingerprint density at radius 3 is 2.69 bits per heavy atom. The highest BCUT2D eigenvalue weighted by Crippen LogP contribution is 2.28. The van der Waals surface area contributed by atoms with Crippen LogP contribution in [-0.4, -0.2) is 56.2 Å². The molecule has 0 radical (unpaired) electrons. The molecule has 1 aromatic heterocycles. The van der Waals surface area contributed by atoms with Crippen molar-refractivity contribution in [3.63, 3.8) is 0 Å². The van der Waals surface area contributed by atoms with Crippen LogP contribution in [0.15, 0.2) is 35.5 Å². The normalized spacial score (nSPS) is 15.3. The van der Waals surface area contributed by atoms with Crippen molar-refractivity contribution in [2.45, 2.75) is 19.9 Å². The molecule has 26 heavy (non-hydrogen) atoms. The lowest BCUT2D eigenvalue weighted by molar-refractivity contribution is 0.367. The molecular formula is C19H27N5OS. The summed E-state index contributed by atoms with van der Waals surface area (Å²) in [5, 5.41) is 4.56. The Hall–Kier alpha value is -2.28. The fourth-order valence-electron chi connectivity index (χ4n) is 3.13. The lowest BCUT2D eigenvalue weighted by Gasteiger charge is -2.38. The van der Waals surface area contributed by atoms with Gasteiger partial charge in [-0.25, -0.2) is 4.98 Å². The number of para-hydroxylation sites is 2. The molecule has 2 aromatic rings. The summed E-state index contributed by atoms with van der Waals surface area (Å²) < 4.78 is 5.50. The third-order valence-electron chi connectivity index (χ3n) is 4.56. The Morgan fingerprint density at radius 2 is 2.04 bits per heavy atom. The van der Waals surface area contributed by atoms with Gasteiger partial charge in [-0.1, -0.05) is 19.1 Å². The number of aromatic nitrogens is 1. The molecule has 0 saturated carbocycles. The van der Waals surface area contributed by atoms with Crippen LogP contribution >= 0.6 is 11.3 Å². The number of benzene rings is 1. The van der Waals surface area contributed by atoms with Gasteiger partial charge in [-0.15, -0.1) is 11.3 Å². The second-order valence-electron chi connectivity index (χ2n) is 6.12. The monoisotopic (exact) mass is 373 g/mol. The lowest BCUT2D eigenvalue weighted by atomic mass is 10.2. The number of aryl methyl sites for hydroxylation is 1. The molecule has 7 heteroatoms. The van der Waals surface area contributed by atoms with E-state index in [9.17, 15) is 0 Å². The summed E-state index contributed by atoms with van der Waals surface area (Å²) in [4.78, 5) is 14.9. The van der Waals surface area contributed by atoms with Crippen molar-refractivity contribution in [1.82, 2.24) is 15.2 Å². The van der Waals surface area contributed by atoms with Gasteiger partial charge in [0.15, 0.2) is 5.96 Å². The molecule has 3 rings (SSSR count). The second-order valence-corrected chi connectivity index (χ2v) is 7.32. The minimum atomic E-state index is 0.726. The molecule has 0 atom stereocenters. The average Bonchev–Trinajstić information content (AvgIpc) is 3.17. The first-order valence-corrected chi connectivity index (χ1v) is 9.84. The van der Waals surface area contributed by atoms with E-state index in [0.29, 0.717) is 0 Å². The molecule has 0 amide bonds. The number of aliphatic imine (C=N–C) groups is 1. The first-order valence-electron chi connectivity index (χ1n) is 9.02. The number of methoxy groups -OCH3 is 1. The van der Waals surface area contributed by atoms with Gasteiger partial charge >= 0.3 is 0 Å². The van der Waals surface area contributed by atoms with E-state index in [4.69, 9.17) is 4.74 Å². The number of hydrogen-bond donors (Lipinski definition) is 1. The van der Waals surface area contributed by atoms with Crippen molar-refractivity contribution < 1.29 is 4.74 Å². The Kier molecular flexibility index (Phi) is 6.33. The number of rotatable bonds is 5. The molecule has 2 heterocycles. The van der Waals surface area contributed by atoms with Gasteiger partial charge in [-0.3, -0.25) is 4.99 Å². The molecule has 140 valence electrons. The van der Waals surface area contributed by atoms with Crippen LogP contribution in [0.25, 0.3) is 0 Å². The Bertz CT molecular complexity index is 737. The van der Waals surface area contributed by atoms with Crippen LogP contribution in [0.2, 0.25) is 0 Å². The van der Waals surface area contributed by atoms with E-state index >= 15 is 0 Å². The van der Waals surface area contributed by atoms with Crippen molar-refractivity contribution in [2.24, 2.45) is 4.99 Å². The summed E-state index contributed by atoms with van der Waals surface area (Å²) >= 11 is 1.76. The van der Waals surface area contributed by atoms with E-state index < -0.39 is 0 Å². The number of anilines is 1. The molecule has 1 aliphatic rings. The molecule has 0 aliphatic carbocycles. The van der Waals surface area contributed by atoms with Crippen LogP contribution in [0.4, 0.5) is 5.69 Å². The van der Waals surface area contributed by atoms with Crippen LogP contribution in [0.1, 0.15) is 16.8 Å². The average molecular weight is 374 g/mol. The zero-order valence-electron chi connectivity index (χ0n) is 15.7. The Labute approximate surface area is 159 Å². The third kappa shape index (κ3) is 4.27. The number of nitrogens with zero attached hydrogens (tertiary/aromatic N) is 4. The topological polar surface area (TPSA) is 53.0 Å². The smallest absolute Gasteiger partial charge is 0.194 e. The second kappa shape index (κ2) is 8.89. The van der Waals surface area contributed by atoms with Gasteiger partial charge in [0.05, 0.1) is 19.3 Å². The summed E-state index contributed by atoms with van der Waals surface area (Å²) in [6.45, 7) is 6.62. The van der Waals surface area contributed by atoms with Crippen LogP contribution in [0, 0.1) is 0 Å². The van der Waals surface area contributed by atoms with Crippen molar-refractivity contribution in [1.29, 1.82) is 0 Å². The van der Waals surface area contributed by atoms with E-state index in [1.54, 1.807) is 18.4 Å². The molecule has 1 aliphatic heterocycles. The van der Waals surface area contributed by atoms with Gasteiger partial charge in [0.1, 0.15) is 10.8 Å². The zero-order chi connectivity index (χ0) is 18.4. The summed E-state index contributed by atoms with van der Waals surface area (Å²) in [7, 11) is 3.57. The standard InChI is InChI=1S/C19H27N5OS/c1-4-15-13-21-18(26-15)14-22-19(20-2)24-11-9-23(10-12-24)16-7-5-6-8-17(16)25-3/h5-8,13H,4,9-12,14H2,1-3H3,(H,20,22). The minimum Gasteiger partial charge on any atom is -0.495 e. The van der Waals surface area contributed by atoms with Gasteiger partial charge < -0.3 is 19.9 Å². The maximum atomic E-state index is 5.50. The Morgan fingerprint density at radius 1 is 1.27 bits per heavy atom. The molecule has 1 N–H and O–H groups in total. The van der Waals surface area contributed by atoms with Gasteiger partial charge in [-0.2, -0.15) is 0 Å². The SMILES string of the molecule is CCc1cnc(CNC(=NC)N2CCN(c3ccccc3OC)CC2)s1. The molecule has 0 unspecified atom stereocenters. The third-order valence-corrected chi connectivity index (χ3v) is 5.71. The highest BCUT2D eigenvalue weighted by molar-refractivity contribution is 7.11. The van der Waals surface area contributed by atoms with E-state index in [-0.39, 0.29) is 0 Å². The zero-order valence-corrected chi connectivity index (χ0v) is 16.6.